The van der Waals surface area contributed by atoms with Gasteiger partial charge < -0.3 is 9.64 Å². The molecule has 0 saturated carbocycles. The molecule has 0 atom stereocenters. The van der Waals surface area contributed by atoms with Crippen molar-refractivity contribution in [2.45, 2.75) is 20.0 Å². The van der Waals surface area contributed by atoms with Crippen LogP contribution in [0, 0.1) is 11.6 Å². The molecule has 1 amide bonds. The van der Waals surface area contributed by atoms with Gasteiger partial charge in [0.15, 0.2) is 0 Å². The van der Waals surface area contributed by atoms with E-state index < -0.39 is 0 Å². The summed E-state index contributed by atoms with van der Waals surface area (Å²) in [4.78, 5) is 18.8. The van der Waals surface area contributed by atoms with Crippen molar-refractivity contribution in [1.82, 2.24) is 4.90 Å². The summed E-state index contributed by atoms with van der Waals surface area (Å²) in [6, 6.07) is 14.4. The summed E-state index contributed by atoms with van der Waals surface area (Å²) in [5, 5.41) is 0. The molecule has 3 aromatic carbocycles. The quantitative estimate of drug-likeness (QED) is 0.548. The number of hydrogen-bond donors (Lipinski definition) is 0. The second kappa shape index (κ2) is 8.68. The number of nitrogens with zero attached hydrogens (tertiary/aromatic N) is 2. The van der Waals surface area contributed by atoms with Gasteiger partial charge >= 0.3 is 0 Å². The van der Waals surface area contributed by atoms with E-state index >= 15 is 0 Å². The molecule has 0 bridgehead atoms. The van der Waals surface area contributed by atoms with E-state index in [2.05, 4.69) is 4.99 Å². The lowest BCUT2D eigenvalue weighted by Gasteiger charge is -2.20. The molecule has 31 heavy (non-hydrogen) atoms. The Labute approximate surface area is 179 Å². The van der Waals surface area contributed by atoms with Crippen LogP contribution in [0.25, 0.3) is 11.1 Å². The molecular formula is C25H22F2N2O2. The lowest BCUT2D eigenvalue weighted by molar-refractivity contribution is 0.0783. The van der Waals surface area contributed by atoms with Crippen molar-refractivity contribution in [2.24, 2.45) is 4.99 Å². The smallest absolute Gasteiger partial charge is 0.254 e. The van der Waals surface area contributed by atoms with Gasteiger partial charge in [-0.25, -0.2) is 8.78 Å². The maximum absolute atomic E-state index is 14.5. The predicted molar refractivity (Wildman–Crippen MR) is 117 cm³/mol. The minimum Gasteiger partial charge on any atom is -0.493 e. The van der Waals surface area contributed by atoms with Crippen LogP contribution in [-0.2, 0) is 13.1 Å². The molecule has 0 aliphatic carbocycles. The molecular weight excluding hydrogens is 398 g/mol. The second-order valence-electron chi connectivity index (χ2n) is 7.38. The van der Waals surface area contributed by atoms with E-state index in [9.17, 15) is 13.6 Å². The largest absolute Gasteiger partial charge is 0.493 e. The summed E-state index contributed by atoms with van der Waals surface area (Å²) >= 11 is 0. The van der Waals surface area contributed by atoms with Crippen molar-refractivity contribution in [2.75, 3.05) is 13.7 Å². The molecule has 1 aliphatic heterocycles. The van der Waals surface area contributed by atoms with Crippen molar-refractivity contribution >= 4 is 12.1 Å². The molecule has 0 saturated heterocycles. The maximum atomic E-state index is 14.5. The van der Waals surface area contributed by atoms with E-state index in [1.165, 1.54) is 23.1 Å². The van der Waals surface area contributed by atoms with Crippen LogP contribution < -0.4 is 4.74 Å². The standard InChI is InChI=1S/C25H22F2N2O2/c1-3-31-24-12-17(7-9-20(24)16-5-4-6-19(26)11-16)25(30)29(2)15-22-21-14-28-13-18(21)8-10-23(22)27/h4-13H,3,14-15H2,1-2H3. The third-order valence-corrected chi connectivity index (χ3v) is 5.30. The van der Waals surface area contributed by atoms with Crippen LogP contribution in [0.5, 0.6) is 5.75 Å². The van der Waals surface area contributed by atoms with Gasteiger partial charge in [0, 0.05) is 36.5 Å². The van der Waals surface area contributed by atoms with Crippen LogP contribution in [-0.4, -0.2) is 30.7 Å². The van der Waals surface area contributed by atoms with Crippen molar-refractivity contribution in [3.8, 4) is 16.9 Å². The Kier molecular flexibility index (Phi) is 5.80. The van der Waals surface area contributed by atoms with Crippen molar-refractivity contribution in [3.05, 3.63) is 88.5 Å². The molecule has 0 aromatic heterocycles. The predicted octanol–water partition coefficient (Wildman–Crippen LogP) is 5.24. The van der Waals surface area contributed by atoms with Gasteiger partial charge in [-0.1, -0.05) is 18.2 Å². The van der Waals surface area contributed by atoms with Gasteiger partial charge in [-0.15, -0.1) is 0 Å². The Morgan fingerprint density at radius 3 is 2.74 bits per heavy atom. The van der Waals surface area contributed by atoms with Crippen molar-refractivity contribution in [3.63, 3.8) is 0 Å². The normalized spacial score (nSPS) is 12.0. The number of benzene rings is 3. The van der Waals surface area contributed by atoms with Crippen molar-refractivity contribution < 1.29 is 18.3 Å². The number of fused-ring (bicyclic) bond motifs is 1. The zero-order valence-corrected chi connectivity index (χ0v) is 17.4. The molecule has 0 radical (unpaired) electrons. The van der Waals surface area contributed by atoms with E-state index in [0.717, 1.165) is 11.1 Å². The third-order valence-electron chi connectivity index (χ3n) is 5.30. The molecule has 0 spiro atoms. The minimum atomic E-state index is -0.347. The number of halogens is 2. The highest BCUT2D eigenvalue weighted by Crippen LogP contribution is 2.32. The fraction of sp³-hybridized carbons (Fsp3) is 0.200. The molecule has 1 aliphatic rings. The Morgan fingerprint density at radius 2 is 1.97 bits per heavy atom. The third kappa shape index (κ3) is 4.19. The first-order chi connectivity index (χ1) is 15.0. The highest BCUT2D eigenvalue weighted by molar-refractivity contribution is 5.95. The Bertz CT molecular complexity index is 1170. The summed E-state index contributed by atoms with van der Waals surface area (Å²) in [5.74, 6) is -0.461. The van der Waals surface area contributed by atoms with Crippen LogP contribution in [0.15, 0.2) is 59.6 Å². The van der Waals surface area contributed by atoms with E-state index in [-0.39, 0.29) is 24.1 Å². The number of amides is 1. The number of ether oxygens (including phenoxy) is 1. The molecule has 158 valence electrons. The van der Waals surface area contributed by atoms with E-state index in [1.54, 1.807) is 49.7 Å². The molecule has 4 rings (SSSR count). The van der Waals surface area contributed by atoms with Crippen LogP contribution >= 0.6 is 0 Å². The average molecular weight is 420 g/mol. The lowest BCUT2D eigenvalue weighted by Crippen LogP contribution is -2.27. The van der Waals surface area contributed by atoms with Gasteiger partial charge in [0.25, 0.3) is 5.91 Å². The highest BCUT2D eigenvalue weighted by Gasteiger charge is 2.21. The summed E-state index contributed by atoms with van der Waals surface area (Å²) in [5.41, 5.74) is 3.95. The first kappa shape index (κ1) is 20.7. The minimum absolute atomic E-state index is 0.132. The Balaban J connectivity index is 1.61. The first-order valence-electron chi connectivity index (χ1n) is 10.1. The fourth-order valence-electron chi connectivity index (χ4n) is 3.75. The van der Waals surface area contributed by atoms with Gasteiger partial charge in [0.2, 0.25) is 0 Å². The van der Waals surface area contributed by atoms with Gasteiger partial charge in [-0.2, -0.15) is 0 Å². The van der Waals surface area contributed by atoms with Gasteiger partial charge in [-0.3, -0.25) is 9.79 Å². The number of carbonyl (C=O) groups is 1. The molecule has 6 heteroatoms. The number of aliphatic imine (C=N–C) groups is 1. The van der Waals surface area contributed by atoms with Crippen LogP contribution in [0.2, 0.25) is 0 Å². The Morgan fingerprint density at radius 1 is 1.13 bits per heavy atom. The molecule has 3 aromatic rings. The zero-order valence-electron chi connectivity index (χ0n) is 17.4. The average Bonchev–Trinajstić information content (AvgIpc) is 3.24. The first-order valence-corrected chi connectivity index (χ1v) is 10.1. The Hall–Kier alpha value is -3.54. The second-order valence-corrected chi connectivity index (χ2v) is 7.38. The summed E-state index contributed by atoms with van der Waals surface area (Å²) in [6.45, 7) is 2.79. The molecule has 4 nitrogen and oxygen atoms in total. The van der Waals surface area contributed by atoms with Crippen LogP contribution in [0.4, 0.5) is 8.78 Å². The van der Waals surface area contributed by atoms with Gasteiger partial charge in [-0.05, 0) is 60.0 Å². The van der Waals surface area contributed by atoms with E-state index in [4.69, 9.17) is 4.74 Å². The summed E-state index contributed by atoms with van der Waals surface area (Å²) < 4.78 is 33.9. The van der Waals surface area contributed by atoms with Gasteiger partial charge in [0.1, 0.15) is 17.4 Å². The van der Waals surface area contributed by atoms with Crippen LogP contribution in [0.1, 0.15) is 34.0 Å². The van der Waals surface area contributed by atoms with E-state index in [0.29, 0.717) is 41.2 Å². The zero-order chi connectivity index (χ0) is 22.0. The monoisotopic (exact) mass is 420 g/mol. The van der Waals surface area contributed by atoms with Crippen LogP contribution in [0.3, 0.4) is 0 Å². The summed E-state index contributed by atoms with van der Waals surface area (Å²) in [7, 11) is 1.64. The fourth-order valence-corrected chi connectivity index (χ4v) is 3.75. The maximum Gasteiger partial charge on any atom is 0.254 e. The SMILES string of the molecule is CCOc1cc(C(=O)N(C)Cc2c(F)ccc3c2CN=C3)ccc1-c1cccc(F)c1. The number of carbonyl (C=O) groups excluding carboxylic acids is 1. The molecule has 0 N–H and O–H groups in total. The number of rotatable bonds is 6. The lowest BCUT2D eigenvalue weighted by atomic mass is 10.0. The highest BCUT2D eigenvalue weighted by atomic mass is 19.1. The molecule has 0 fully saturated rings. The van der Waals surface area contributed by atoms with Gasteiger partial charge in [0.05, 0.1) is 13.2 Å². The number of hydrogen-bond acceptors (Lipinski definition) is 3. The summed E-state index contributed by atoms with van der Waals surface area (Å²) in [6.07, 6.45) is 1.72. The van der Waals surface area contributed by atoms with Crippen molar-refractivity contribution in [1.29, 1.82) is 0 Å². The molecule has 0 unspecified atom stereocenters. The van der Waals surface area contributed by atoms with E-state index in [1.807, 2.05) is 6.92 Å². The topological polar surface area (TPSA) is 41.9 Å². The molecule has 1 heterocycles.